The summed E-state index contributed by atoms with van der Waals surface area (Å²) in [6.07, 6.45) is 3.14. The monoisotopic (exact) mass is 342 g/mol. The number of carbonyl (C=O) groups is 2. The van der Waals surface area contributed by atoms with Gasteiger partial charge in [-0.2, -0.15) is 0 Å². The number of cyclic esters (lactones) is 1. The minimum absolute atomic E-state index is 0.0206. The molecule has 1 saturated heterocycles. The van der Waals surface area contributed by atoms with Crippen molar-refractivity contribution in [1.82, 2.24) is 10.2 Å². The molecule has 0 bridgehead atoms. The van der Waals surface area contributed by atoms with E-state index in [0.29, 0.717) is 31.4 Å². The number of ether oxygens (including phenoxy) is 1. The summed E-state index contributed by atoms with van der Waals surface area (Å²) in [4.78, 5) is 25.9. The minimum atomic E-state index is -0.352. The first-order valence-electron chi connectivity index (χ1n) is 9.15. The van der Waals surface area contributed by atoms with Crippen molar-refractivity contribution in [1.29, 1.82) is 0 Å². The first kappa shape index (κ1) is 16.4. The van der Waals surface area contributed by atoms with Gasteiger partial charge in [-0.1, -0.05) is 29.3 Å². The zero-order valence-corrected chi connectivity index (χ0v) is 15.2. The molecule has 1 aliphatic heterocycles. The Morgan fingerprint density at radius 1 is 1.20 bits per heavy atom. The SMILES string of the molecule is Cc1cc(C)cc([C@H]2C[C@H](N(C)C(=O)[C@H]3C[C@]4(COC(=O)N4)C3)C2)c1. The van der Waals surface area contributed by atoms with E-state index in [1.165, 1.54) is 16.7 Å². The maximum atomic E-state index is 12.7. The maximum Gasteiger partial charge on any atom is 0.407 e. The van der Waals surface area contributed by atoms with Crippen LogP contribution in [0.25, 0.3) is 0 Å². The fraction of sp³-hybridized carbons (Fsp3) is 0.600. The van der Waals surface area contributed by atoms with Gasteiger partial charge in [-0.15, -0.1) is 0 Å². The van der Waals surface area contributed by atoms with E-state index < -0.39 is 0 Å². The molecule has 0 unspecified atom stereocenters. The fourth-order valence-corrected chi connectivity index (χ4v) is 4.66. The van der Waals surface area contributed by atoms with E-state index in [-0.39, 0.29) is 23.5 Å². The van der Waals surface area contributed by atoms with E-state index in [9.17, 15) is 9.59 Å². The van der Waals surface area contributed by atoms with Crippen LogP contribution in [-0.4, -0.2) is 42.1 Å². The molecule has 0 radical (unpaired) electrons. The Morgan fingerprint density at radius 2 is 1.84 bits per heavy atom. The molecular weight excluding hydrogens is 316 g/mol. The molecule has 1 aromatic carbocycles. The Morgan fingerprint density at radius 3 is 2.40 bits per heavy atom. The van der Waals surface area contributed by atoms with Crippen molar-refractivity contribution in [3.63, 3.8) is 0 Å². The number of amides is 2. The van der Waals surface area contributed by atoms with Crippen molar-refractivity contribution in [3.05, 3.63) is 34.9 Å². The van der Waals surface area contributed by atoms with Crippen LogP contribution in [0.5, 0.6) is 0 Å². The molecule has 1 aromatic rings. The molecule has 2 aliphatic carbocycles. The first-order valence-corrected chi connectivity index (χ1v) is 9.15. The Kier molecular flexibility index (Phi) is 3.78. The number of hydrogen-bond acceptors (Lipinski definition) is 3. The minimum Gasteiger partial charge on any atom is -0.447 e. The molecule has 134 valence electrons. The summed E-state index contributed by atoms with van der Waals surface area (Å²) in [6, 6.07) is 7.08. The van der Waals surface area contributed by atoms with Gasteiger partial charge >= 0.3 is 6.09 Å². The number of benzene rings is 1. The number of carbonyl (C=O) groups excluding carboxylic acids is 2. The highest BCUT2D eigenvalue weighted by molar-refractivity contribution is 5.81. The Labute approximate surface area is 148 Å². The molecule has 1 N–H and O–H groups in total. The molecule has 2 amide bonds. The number of aryl methyl sites for hydroxylation is 2. The number of nitrogens with one attached hydrogen (secondary N) is 1. The van der Waals surface area contributed by atoms with Crippen molar-refractivity contribution in [3.8, 4) is 0 Å². The maximum absolute atomic E-state index is 12.7. The third-order valence-electron chi connectivity index (χ3n) is 6.19. The molecule has 4 rings (SSSR count). The van der Waals surface area contributed by atoms with Gasteiger partial charge in [0, 0.05) is 19.0 Å². The van der Waals surface area contributed by atoms with Gasteiger partial charge in [0.15, 0.2) is 0 Å². The lowest BCUT2D eigenvalue weighted by atomic mass is 9.67. The summed E-state index contributed by atoms with van der Waals surface area (Å²) in [7, 11) is 1.93. The van der Waals surface area contributed by atoms with E-state index >= 15 is 0 Å². The van der Waals surface area contributed by atoms with Gasteiger partial charge in [-0.25, -0.2) is 4.79 Å². The molecule has 0 atom stereocenters. The smallest absolute Gasteiger partial charge is 0.407 e. The first-order chi connectivity index (χ1) is 11.8. The van der Waals surface area contributed by atoms with Crippen LogP contribution in [0.1, 0.15) is 48.3 Å². The van der Waals surface area contributed by atoms with Gasteiger partial charge in [-0.05, 0) is 51.0 Å². The second-order valence-corrected chi connectivity index (χ2v) is 8.28. The lowest BCUT2D eigenvalue weighted by Gasteiger charge is -2.47. The number of rotatable bonds is 3. The average Bonchev–Trinajstić information content (AvgIpc) is 2.84. The average molecular weight is 342 g/mol. The molecule has 1 heterocycles. The quantitative estimate of drug-likeness (QED) is 0.919. The van der Waals surface area contributed by atoms with Crippen LogP contribution in [0, 0.1) is 19.8 Å². The summed E-state index contributed by atoms with van der Waals surface area (Å²) in [5.41, 5.74) is 3.74. The summed E-state index contributed by atoms with van der Waals surface area (Å²) >= 11 is 0. The fourth-order valence-electron chi connectivity index (χ4n) is 4.66. The van der Waals surface area contributed by atoms with Crippen LogP contribution in [0.3, 0.4) is 0 Å². The highest BCUT2D eigenvalue weighted by Crippen LogP contribution is 2.44. The Balaban J connectivity index is 1.30. The van der Waals surface area contributed by atoms with Gasteiger partial charge in [0.25, 0.3) is 0 Å². The topological polar surface area (TPSA) is 58.6 Å². The van der Waals surface area contributed by atoms with Crippen LogP contribution in [-0.2, 0) is 9.53 Å². The number of alkyl carbamates (subject to hydrolysis) is 1. The van der Waals surface area contributed by atoms with E-state index in [1.54, 1.807) is 0 Å². The van der Waals surface area contributed by atoms with E-state index in [1.807, 2.05) is 11.9 Å². The Hall–Kier alpha value is -2.04. The van der Waals surface area contributed by atoms with Crippen LogP contribution >= 0.6 is 0 Å². The van der Waals surface area contributed by atoms with Crippen molar-refractivity contribution in [2.24, 2.45) is 5.92 Å². The van der Waals surface area contributed by atoms with Gasteiger partial charge in [0.05, 0.1) is 5.54 Å². The molecule has 5 nitrogen and oxygen atoms in total. The zero-order chi connectivity index (χ0) is 17.8. The lowest BCUT2D eigenvalue weighted by molar-refractivity contribution is -0.143. The Bertz CT molecular complexity index is 697. The standard InChI is InChI=1S/C20H26N2O3/c1-12-4-13(2)6-14(5-12)15-7-17(8-15)22(3)18(23)16-9-20(10-16)11-25-19(24)21-20/h4-6,15-17H,7-11H2,1-3H3,(H,21,24)/t15-,16-,17-,20+. The van der Waals surface area contributed by atoms with Crippen molar-refractivity contribution < 1.29 is 14.3 Å². The molecular formula is C20H26N2O3. The molecule has 3 aliphatic rings. The highest BCUT2D eigenvalue weighted by atomic mass is 16.6. The summed E-state index contributed by atoms with van der Waals surface area (Å²) < 4.78 is 4.99. The summed E-state index contributed by atoms with van der Waals surface area (Å²) in [6.45, 7) is 4.68. The number of hydrogen-bond donors (Lipinski definition) is 1. The molecule has 1 spiro atoms. The van der Waals surface area contributed by atoms with Gasteiger partial charge in [0.1, 0.15) is 6.61 Å². The van der Waals surface area contributed by atoms with Crippen LogP contribution in [0.4, 0.5) is 4.79 Å². The molecule has 2 saturated carbocycles. The third kappa shape index (κ3) is 2.90. The third-order valence-corrected chi connectivity index (χ3v) is 6.19. The van der Waals surface area contributed by atoms with Crippen LogP contribution in [0.15, 0.2) is 18.2 Å². The molecule has 25 heavy (non-hydrogen) atoms. The largest absolute Gasteiger partial charge is 0.447 e. The summed E-state index contributed by atoms with van der Waals surface area (Å²) in [5.74, 6) is 0.803. The van der Waals surface area contributed by atoms with Crippen LogP contribution < -0.4 is 5.32 Å². The second-order valence-electron chi connectivity index (χ2n) is 8.28. The summed E-state index contributed by atoms with van der Waals surface area (Å²) in [5, 5.41) is 2.85. The van der Waals surface area contributed by atoms with E-state index in [0.717, 1.165) is 12.8 Å². The van der Waals surface area contributed by atoms with E-state index in [4.69, 9.17) is 4.74 Å². The van der Waals surface area contributed by atoms with E-state index in [2.05, 4.69) is 37.4 Å². The van der Waals surface area contributed by atoms with Crippen molar-refractivity contribution in [2.75, 3.05) is 13.7 Å². The zero-order valence-electron chi connectivity index (χ0n) is 15.2. The van der Waals surface area contributed by atoms with Gasteiger partial charge < -0.3 is 15.0 Å². The van der Waals surface area contributed by atoms with Gasteiger partial charge in [0.2, 0.25) is 5.91 Å². The number of nitrogens with zero attached hydrogens (tertiary/aromatic N) is 1. The lowest BCUT2D eigenvalue weighted by Crippen LogP contribution is -2.59. The predicted molar refractivity (Wildman–Crippen MR) is 94.4 cm³/mol. The van der Waals surface area contributed by atoms with Crippen LogP contribution in [0.2, 0.25) is 0 Å². The molecule has 0 aromatic heterocycles. The molecule has 3 fully saturated rings. The normalized spacial score (nSPS) is 33.2. The van der Waals surface area contributed by atoms with Gasteiger partial charge in [-0.3, -0.25) is 4.79 Å². The van der Waals surface area contributed by atoms with Crippen molar-refractivity contribution >= 4 is 12.0 Å². The van der Waals surface area contributed by atoms with Crippen molar-refractivity contribution in [2.45, 2.75) is 57.0 Å². The second kappa shape index (κ2) is 5.75. The highest BCUT2D eigenvalue weighted by Gasteiger charge is 2.53. The molecule has 5 heteroatoms. The predicted octanol–water partition coefficient (Wildman–Crippen LogP) is 2.90.